The number of thioether (sulfide) groups is 2. The molecule has 0 aromatic heterocycles. The number of nitrogens with zero attached hydrogens (tertiary/aromatic N) is 1. The fraction of sp³-hybridized carbons (Fsp3) is 0.240. The van der Waals surface area contributed by atoms with Crippen LogP contribution in [0.5, 0.6) is 0 Å². The summed E-state index contributed by atoms with van der Waals surface area (Å²) < 4.78 is -0.196. The maximum absolute atomic E-state index is 13.5. The molecule has 0 unspecified atom stereocenters. The van der Waals surface area contributed by atoms with Crippen molar-refractivity contribution in [1.29, 1.82) is 0 Å². The monoisotopic (exact) mass is 417 g/mol. The normalized spacial score (nSPS) is 22.8. The topological polar surface area (TPSA) is 20.1 Å². The first-order valence-corrected chi connectivity index (χ1v) is 12.0. The molecule has 2 saturated heterocycles. The van der Waals surface area contributed by atoms with Crippen LogP contribution in [0.2, 0.25) is 0 Å². The van der Waals surface area contributed by atoms with Crippen LogP contribution < -0.4 is 0 Å². The van der Waals surface area contributed by atoms with Crippen LogP contribution in [0, 0.1) is 0 Å². The van der Waals surface area contributed by atoms with Crippen molar-refractivity contribution in [3.05, 3.63) is 108 Å². The van der Waals surface area contributed by atoms with Crippen molar-refractivity contribution in [3.8, 4) is 0 Å². The van der Waals surface area contributed by atoms with Crippen molar-refractivity contribution < 1.29 is 4.79 Å². The average molecular weight is 418 g/mol. The van der Waals surface area contributed by atoms with Crippen LogP contribution in [0.3, 0.4) is 0 Å². The second kappa shape index (κ2) is 7.58. The molecule has 1 atom stereocenters. The highest BCUT2D eigenvalue weighted by Gasteiger charge is 2.69. The summed E-state index contributed by atoms with van der Waals surface area (Å²) in [6.07, 6.45) is 1.21. The Morgan fingerprint density at radius 3 is 1.83 bits per heavy atom. The third-order valence-electron chi connectivity index (χ3n) is 5.86. The van der Waals surface area contributed by atoms with Crippen LogP contribution in [-0.4, -0.2) is 28.9 Å². The lowest BCUT2D eigenvalue weighted by Gasteiger charge is -2.43. The lowest BCUT2D eigenvalue weighted by Crippen LogP contribution is -2.41. The van der Waals surface area contributed by atoms with Gasteiger partial charge < -0.3 is 4.90 Å². The molecule has 4 heteroatoms. The van der Waals surface area contributed by atoms with Crippen molar-refractivity contribution in [3.63, 3.8) is 0 Å². The Morgan fingerprint density at radius 1 is 0.724 bits per heavy atom. The summed E-state index contributed by atoms with van der Waals surface area (Å²) in [7, 11) is 0. The zero-order chi connectivity index (χ0) is 19.7. The number of benzene rings is 3. The summed E-state index contributed by atoms with van der Waals surface area (Å²) in [5.41, 5.74) is 2.97. The molecule has 0 saturated carbocycles. The molecule has 0 radical (unpaired) electrons. The van der Waals surface area contributed by atoms with Crippen molar-refractivity contribution >= 4 is 29.4 Å². The minimum Gasteiger partial charge on any atom is -0.322 e. The lowest BCUT2D eigenvalue weighted by molar-refractivity contribution is 0.0848. The highest BCUT2D eigenvalue weighted by molar-refractivity contribution is 8.18. The van der Waals surface area contributed by atoms with Gasteiger partial charge in [0.1, 0.15) is 9.62 Å². The Balaban J connectivity index is 1.66. The van der Waals surface area contributed by atoms with Gasteiger partial charge in [0.2, 0.25) is 0 Å². The summed E-state index contributed by atoms with van der Waals surface area (Å²) in [5, 5.41) is 0. The molecule has 3 aromatic carbocycles. The third-order valence-corrected chi connectivity index (χ3v) is 9.51. The van der Waals surface area contributed by atoms with Crippen LogP contribution >= 0.6 is 23.5 Å². The van der Waals surface area contributed by atoms with Crippen molar-refractivity contribution in [2.45, 2.75) is 16.0 Å². The van der Waals surface area contributed by atoms with Gasteiger partial charge in [-0.2, -0.15) is 0 Å². The second-order valence-electron chi connectivity index (χ2n) is 7.52. The van der Waals surface area contributed by atoms with E-state index in [0.717, 1.165) is 23.6 Å². The maximum Gasteiger partial charge on any atom is 0.254 e. The first kappa shape index (κ1) is 18.8. The predicted octanol–water partition coefficient (Wildman–Crippen LogP) is 5.76. The van der Waals surface area contributed by atoms with E-state index in [9.17, 15) is 4.79 Å². The molecule has 0 aliphatic carbocycles. The Kier molecular flexibility index (Phi) is 4.92. The molecule has 2 aliphatic heterocycles. The van der Waals surface area contributed by atoms with E-state index in [1.807, 2.05) is 53.9 Å². The van der Waals surface area contributed by atoms with Crippen molar-refractivity contribution in [2.75, 3.05) is 18.1 Å². The summed E-state index contributed by atoms with van der Waals surface area (Å²) in [6.45, 7) is 0.750. The first-order valence-electron chi connectivity index (χ1n) is 10.0. The van der Waals surface area contributed by atoms with E-state index < -0.39 is 0 Å². The van der Waals surface area contributed by atoms with E-state index in [1.165, 1.54) is 17.5 Å². The van der Waals surface area contributed by atoms with Crippen LogP contribution in [0.15, 0.2) is 91.0 Å². The predicted molar refractivity (Wildman–Crippen MR) is 123 cm³/mol. The maximum atomic E-state index is 13.5. The molecule has 1 amide bonds. The number of hydrogen-bond donors (Lipinski definition) is 0. The first-order chi connectivity index (χ1) is 14.3. The molecule has 0 N–H and O–H groups in total. The molecule has 2 aliphatic rings. The van der Waals surface area contributed by atoms with E-state index in [0.29, 0.717) is 0 Å². The third kappa shape index (κ3) is 3.01. The minimum atomic E-state index is -0.335. The SMILES string of the molecule is O=C(c1ccccc1)N1C[C@]1(c1ccccc1)C1(c2ccccc2)SCCCS1. The number of carbonyl (C=O) groups is 1. The van der Waals surface area contributed by atoms with Crippen molar-refractivity contribution in [1.82, 2.24) is 4.90 Å². The second-order valence-corrected chi connectivity index (χ2v) is 10.4. The molecule has 0 bridgehead atoms. The van der Waals surface area contributed by atoms with E-state index in [-0.39, 0.29) is 15.5 Å². The van der Waals surface area contributed by atoms with E-state index >= 15 is 0 Å². The summed E-state index contributed by atoms with van der Waals surface area (Å²) in [5.74, 6) is 2.35. The fourth-order valence-corrected chi connectivity index (χ4v) is 8.28. The van der Waals surface area contributed by atoms with Crippen LogP contribution in [-0.2, 0) is 9.62 Å². The molecule has 146 valence electrons. The largest absolute Gasteiger partial charge is 0.322 e. The van der Waals surface area contributed by atoms with E-state index in [2.05, 4.69) is 65.6 Å². The summed E-state index contributed by atoms with van der Waals surface area (Å²) >= 11 is 4.03. The van der Waals surface area contributed by atoms with Gasteiger partial charge in [-0.15, -0.1) is 23.5 Å². The summed E-state index contributed by atoms with van der Waals surface area (Å²) in [4.78, 5) is 15.6. The van der Waals surface area contributed by atoms with Gasteiger partial charge in [0.25, 0.3) is 5.91 Å². The molecule has 0 spiro atoms. The van der Waals surface area contributed by atoms with E-state index in [1.54, 1.807) is 0 Å². The van der Waals surface area contributed by atoms with Gasteiger partial charge in [0.15, 0.2) is 0 Å². The van der Waals surface area contributed by atoms with Gasteiger partial charge in [-0.1, -0.05) is 78.9 Å². The minimum absolute atomic E-state index is 0.122. The van der Waals surface area contributed by atoms with Gasteiger partial charge in [0, 0.05) is 5.56 Å². The van der Waals surface area contributed by atoms with Crippen LogP contribution in [0.25, 0.3) is 0 Å². The Morgan fingerprint density at radius 2 is 1.24 bits per heavy atom. The molecule has 2 nitrogen and oxygen atoms in total. The standard InChI is InChI=1S/C25H23NOS2/c27-23(20-11-4-1-5-12-20)26-19-24(26,21-13-6-2-7-14-21)25(28-17-10-18-29-25)22-15-8-3-9-16-22/h1-9,11-16H,10,17-19H2/t24-,26?/m0/s1. The number of hydrogen-bond acceptors (Lipinski definition) is 3. The lowest BCUT2D eigenvalue weighted by atomic mass is 9.89. The van der Waals surface area contributed by atoms with E-state index in [4.69, 9.17) is 0 Å². The number of carbonyl (C=O) groups excluding carboxylic acids is 1. The van der Waals surface area contributed by atoms with Gasteiger partial charge >= 0.3 is 0 Å². The highest BCUT2D eigenvalue weighted by Crippen LogP contribution is 2.68. The average Bonchev–Trinajstić information content (AvgIpc) is 3.58. The molecule has 5 rings (SSSR count). The highest BCUT2D eigenvalue weighted by atomic mass is 32.2. The number of amides is 1. The smallest absolute Gasteiger partial charge is 0.254 e. The van der Waals surface area contributed by atoms with Crippen LogP contribution in [0.4, 0.5) is 0 Å². The summed E-state index contributed by atoms with van der Waals surface area (Å²) in [6, 6.07) is 31.1. The number of rotatable bonds is 4. The Labute approximate surface area is 180 Å². The molecule has 2 heterocycles. The Bertz CT molecular complexity index is 987. The fourth-order valence-electron chi connectivity index (χ4n) is 4.44. The quantitative estimate of drug-likeness (QED) is 0.503. The Hall–Kier alpha value is -2.17. The van der Waals surface area contributed by atoms with Crippen molar-refractivity contribution in [2.24, 2.45) is 0 Å². The van der Waals surface area contributed by atoms with Gasteiger partial charge in [-0.25, -0.2) is 0 Å². The van der Waals surface area contributed by atoms with Crippen LogP contribution in [0.1, 0.15) is 27.9 Å². The molecular weight excluding hydrogens is 394 g/mol. The van der Waals surface area contributed by atoms with Gasteiger partial charge in [-0.3, -0.25) is 4.79 Å². The van der Waals surface area contributed by atoms with Gasteiger partial charge in [0.05, 0.1) is 6.54 Å². The molecule has 29 heavy (non-hydrogen) atoms. The zero-order valence-corrected chi connectivity index (χ0v) is 17.8. The molecule has 3 aromatic rings. The molecular formula is C25H23NOS2. The zero-order valence-electron chi connectivity index (χ0n) is 16.2. The molecule has 2 fully saturated rings. The van der Waals surface area contributed by atoms with Gasteiger partial charge in [-0.05, 0) is 41.2 Å².